The van der Waals surface area contributed by atoms with Gasteiger partial charge in [-0.1, -0.05) is 13.8 Å². The van der Waals surface area contributed by atoms with Crippen molar-refractivity contribution in [2.24, 2.45) is 5.92 Å². The normalized spacial score (nSPS) is 12.2. The molecule has 19 heavy (non-hydrogen) atoms. The molecule has 3 N–H and O–H groups in total. The number of carbonyl (C=O) groups excluding carboxylic acids is 2. The number of aromatic nitrogens is 1. The number of Topliss-reactive ketones (excluding diaryl/α,β-unsaturated/α-hetero) is 1. The number of rotatable bonds is 6. The van der Waals surface area contributed by atoms with Gasteiger partial charge in [0, 0.05) is 17.8 Å². The first-order valence-corrected chi connectivity index (χ1v) is 6.03. The fourth-order valence-electron chi connectivity index (χ4n) is 1.62. The van der Waals surface area contributed by atoms with E-state index >= 15 is 0 Å². The maximum absolute atomic E-state index is 11.9. The molecule has 1 aromatic heterocycles. The molecule has 1 unspecified atom stereocenters. The van der Waals surface area contributed by atoms with Gasteiger partial charge in [-0.05, 0) is 18.9 Å². The zero-order valence-corrected chi connectivity index (χ0v) is 11.2. The van der Waals surface area contributed by atoms with Crippen LogP contribution in [0.4, 0.5) is 0 Å². The number of nitrogens with one attached hydrogen (secondary N) is 2. The van der Waals surface area contributed by atoms with E-state index in [1.165, 1.54) is 19.2 Å². The van der Waals surface area contributed by atoms with Crippen molar-refractivity contribution in [2.45, 2.75) is 33.2 Å². The van der Waals surface area contributed by atoms with E-state index in [-0.39, 0.29) is 23.8 Å². The summed E-state index contributed by atoms with van der Waals surface area (Å²) < 4.78 is 0. The van der Waals surface area contributed by atoms with Crippen LogP contribution in [0.3, 0.4) is 0 Å². The number of H-pyrrole nitrogens is 1. The number of carboxylic acid groups (broad SMARTS) is 1. The number of carboxylic acids is 1. The Balaban J connectivity index is 2.75. The number of aromatic amines is 1. The zero-order valence-electron chi connectivity index (χ0n) is 11.2. The molecule has 6 nitrogen and oxygen atoms in total. The van der Waals surface area contributed by atoms with Crippen molar-refractivity contribution in [3.05, 3.63) is 23.5 Å². The quantitative estimate of drug-likeness (QED) is 0.678. The Morgan fingerprint density at radius 3 is 2.42 bits per heavy atom. The zero-order chi connectivity index (χ0) is 14.6. The predicted molar refractivity (Wildman–Crippen MR) is 69.1 cm³/mol. The van der Waals surface area contributed by atoms with Crippen LogP contribution in [0, 0.1) is 5.92 Å². The molecule has 0 fully saturated rings. The second-order valence-electron chi connectivity index (χ2n) is 4.78. The van der Waals surface area contributed by atoms with Crippen molar-refractivity contribution >= 4 is 17.7 Å². The Morgan fingerprint density at radius 1 is 1.37 bits per heavy atom. The largest absolute Gasteiger partial charge is 0.481 e. The first kappa shape index (κ1) is 14.9. The highest BCUT2D eigenvalue weighted by atomic mass is 16.4. The standard InChI is InChI=1S/C13H18N2O4/c1-7(2)10(5-12(17)18)15-13(19)11-4-9(6-14-11)8(3)16/h4,6-7,10,14H,5H2,1-3H3,(H,15,19)(H,17,18). The van der Waals surface area contributed by atoms with Gasteiger partial charge in [0.1, 0.15) is 5.69 Å². The summed E-state index contributed by atoms with van der Waals surface area (Å²) in [5, 5.41) is 11.4. The molecule has 0 spiro atoms. The van der Waals surface area contributed by atoms with E-state index in [2.05, 4.69) is 10.3 Å². The number of carbonyl (C=O) groups is 3. The van der Waals surface area contributed by atoms with Gasteiger partial charge in [-0.25, -0.2) is 0 Å². The molecular weight excluding hydrogens is 248 g/mol. The van der Waals surface area contributed by atoms with Crippen molar-refractivity contribution in [3.8, 4) is 0 Å². The molecule has 0 saturated carbocycles. The average molecular weight is 266 g/mol. The topological polar surface area (TPSA) is 99.3 Å². The maximum atomic E-state index is 11.9. The Morgan fingerprint density at radius 2 is 2.00 bits per heavy atom. The van der Waals surface area contributed by atoms with E-state index in [0.717, 1.165) is 0 Å². The van der Waals surface area contributed by atoms with Gasteiger partial charge >= 0.3 is 5.97 Å². The van der Waals surface area contributed by atoms with Crippen LogP contribution in [-0.2, 0) is 4.79 Å². The fraction of sp³-hybridized carbons (Fsp3) is 0.462. The van der Waals surface area contributed by atoms with E-state index in [9.17, 15) is 14.4 Å². The lowest BCUT2D eigenvalue weighted by Gasteiger charge is -2.20. The highest BCUT2D eigenvalue weighted by Crippen LogP contribution is 2.09. The molecule has 1 atom stereocenters. The minimum atomic E-state index is -0.963. The van der Waals surface area contributed by atoms with Gasteiger partial charge in [0.05, 0.1) is 6.42 Å². The van der Waals surface area contributed by atoms with E-state index in [1.54, 1.807) is 0 Å². The van der Waals surface area contributed by atoms with Gasteiger partial charge in [0.25, 0.3) is 5.91 Å². The summed E-state index contributed by atoms with van der Waals surface area (Å²) in [4.78, 5) is 36.5. The summed E-state index contributed by atoms with van der Waals surface area (Å²) in [5.74, 6) is -1.51. The smallest absolute Gasteiger partial charge is 0.305 e. The molecule has 0 saturated heterocycles. The van der Waals surface area contributed by atoms with E-state index in [4.69, 9.17) is 5.11 Å². The van der Waals surface area contributed by atoms with Gasteiger partial charge in [0.15, 0.2) is 5.78 Å². The third kappa shape index (κ3) is 4.24. The van der Waals surface area contributed by atoms with Gasteiger partial charge in [-0.3, -0.25) is 14.4 Å². The molecule has 1 rings (SSSR count). The van der Waals surface area contributed by atoms with Crippen LogP contribution >= 0.6 is 0 Å². The molecule has 0 radical (unpaired) electrons. The summed E-state index contributed by atoms with van der Waals surface area (Å²) in [7, 11) is 0. The van der Waals surface area contributed by atoms with Crippen LogP contribution < -0.4 is 5.32 Å². The van der Waals surface area contributed by atoms with Gasteiger partial charge < -0.3 is 15.4 Å². The summed E-state index contributed by atoms with van der Waals surface area (Å²) in [5.41, 5.74) is 0.672. The molecule has 0 bridgehead atoms. The molecular formula is C13H18N2O4. The van der Waals surface area contributed by atoms with Crippen LogP contribution in [0.5, 0.6) is 0 Å². The molecule has 6 heteroatoms. The minimum absolute atomic E-state index is 0.00212. The minimum Gasteiger partial charge on any atom is -0.481 e. The third-order valence-electron chi connectivity index (χ3n) is 2.85. The Labute approximate surface area is 111 Å². The van der Waals surface area contributed by atoms with Crippen molar-refractivity contribution in [1.82, 2.24) is 10.3 Å². The lowest BCUT2D eigenvalue weighted by molar-refractivity contribution is -0.137. The van der Waals surface area contributed by atoms with Gasteiger partial charge in [-0.2, -0.15) is 0 Å². The molecule has 0 aliphatic heterocycles. The SMILES string of the molecule is CC(=O)c1c[nH]c(C(=O)NC(CC(=O)O)C(C)C)c1. The third-order valence-corrected chi connectivity index (χ3v) is 2.85. The Bertz CT molecular complexity index is 491. The number of amides is 1. The maximum Gasteiger partial charge on any atom is 0.305 e. The van der Waals surface area contributed by atoms with Crippen LogP contribution in [0.15, 0.2) is 12.3 Å². The molecule has 1 aromatic rings. The monoisotopic (exact) mass is 266 g/mol. The van der Waals surface area contributed by atoms with Crippen molar-refractivity contribution in [1.29, 1.82) is 0 Å². The van der Waals surface area contributed by atoms with Crippen molar-refractivity contribution < 1.29 is 19.5 Å². The molecule has 0 aromatic carbocycles. The van der Waals surface area contributed by atoms with Gasteiger partial charge in [0.2, 0.25) is 0 Å². The number of hydrogen-bond acceptors (Lipinski definition) is 3. The summed E-state index contributed by atoms with van der Waals surface area (Å²) >= 11 is 0. The lowest BCUT2D eigenvalue weighted by Crippen LogP contribution is -2.40. The Kier molecular flexibility index (Phi) is 4.86. The van der Waals surface area contributed by atoms with E-state index < -0.39 is 17.9 Å². The van der Waals surface area contributed by atoms with Crippen molar-refractivity contribution in [2.75, 3.05) is 0 Å². The number of hydrogen-bond donors (Lipinski definition) is 3. The lowest BCUT2D eigenvalue weighted by atomic mass is 10.0. The summed E-state index contributed by atoms with van der Waals surface area (Å²) in [6.45, 7) is 5.08. The Hall–Kier alpha value is -2.11. The van der Waals surface area contributed by atoms with Crippen LogP contribution in [0.25, 0.3) is 0 Å². The van der Waals surface area contributed by atoms with Crippen LogP contribution in [0.1, 0.15) is 48.0 Å². The van der Waals surface area contributed by atoms with E-state index in [0.29, 0.717) is 5.56 Å². The molecule has 1 heterocycles. The first-order chi connectivity index (χ1) is 8.81. The second-order valence-corrected chi connectivity index (χ2v) is 4.78. The highest BCUT2D eigenvalue weighted by molar-refractivity contribution is 5.99. The molecule has 0 aliphatic rings. The molecule has 0 aliphatic carbocycles. The predicted octanol–water partition coefficient (Wildman–Crippen LogP) is 1.45. The number of ketones is 1. The average Bonchev–Trinajstić information content (AvgIpc) is 2.76. The van der Waals surface area contributed by atoms with Crippen LogP contribution in [0.2, 0.25) is 0 Å². The first-order valence-electron chi connectivity index (χ1n) is 6.03. The van der Waals surface area contributed by atoms with Crippen molar-refractivity contribution in [3.63, 3.8) is 0 Å². The highest BCUT2D eigenvalue weighted by Gasteiger charge is 2.21. The second kappa shape index (κ2) is 6.17. The van der Waals surface area contributed by atoms with Crippen LogP contribution in [-0.4, -0.2) is 33.8 Å². The fourth-order valence-corrected chi connectivity index (χ4v) is 1.62. The van der Waals surface area contributed by atoms with Gasteiger partial charge in [-0.15, -0.1) is 0 Å². The van der Waals surface area contributed by atoms with E-state index in [1.807, 2.05) is 13.8 Å². The molecule has 1 amide bonds. The summed E-state index contributed by atoms with van der Waals surface area (Å²) in [6.07, 6.45) is 1.32. The molecule has 104 valence electrons. The number of aliphatic carboxylic acids is 1. The summed E-state index contributed by atoms with van der Waals surface area (Å²) in [6, 6.07) is 1.00.